The highest BCUT2D eigenvalue weighted by Gasteiger charge is 2.27. The summed E-state index contributed by atoms with van der Waals surface area (Å²) in [5, 5.41) is 6.96. The van der Waals surface area contributed by atoms with Gasteiger partial charge in [0.25, 0.3) is 0 Å². The Hall–Kier alpha value is -1.71. The molecule has 0 spiro atoms. The molecule has 1 unspecified atom stereocenters. The van der Waals surface area contributed by atoms with Crippen molar-refractivity contribution in [1.82, 2.24) is 0 Å². The zero-order valence-corrected chi connectivity index (χ0v) is 12.9. The van der Waals surface area contributed by atoms with Gasteiger partial charge in [0.2, 0.25) is 5.91 Å². The summed E-state index contributed by atoms with van der Waals surface area (Å²) >= 11 is 12.3. The van der Waals surface area contributed by atoms with Gasteiger partial charge < -0.3 is 10.6 Å². The molecule has 0 bridgehead atoms. The third-order valence-corrected chi connectivity index (χ3v) is 4.42. The first-order valence-electron chi connectivity index (χ1n) is 6.66. The van der Waals surface area contributed by atoms with Crippen molar-refractivity contribution in [1.29, 1.82) is 0 Å². The van der Waals surface area contributed by atoms with Crippen molar-refractivity contribution < 1.29 is 4.79 Å². The number of halogens is 2. The molecule has 1 aliphatic rings. The second-order valence-corrected chi connectivity index (χ2v) is 5.89. The molecule has 2 aromatic carbocycles. The molecule has 0 fully saturated rings. The van der Waals surface area contributed by atoms with E-state index in [0.29, 0.717) is 22.2 Å². The first kappa shape index (κ1) is 14.2. The highest BCUT2D eigenvalue weighted by atomic mass is 35.5. The highest BCUT2D eigenvalue weighted by molar-refractivity contribution is 6.40. The van der Waals surface area contributed by atoms with Gasteiger partial charge in [0, 0.05) is 12.1 Å². The lowest BCUT2D eigenvalue weighted by Gasteiger charge is -2.15. The monoisotopic (exact) mass is 320 g/mol. The number of fused-ring (bicyclic) bond motifs is 1. The van der Waals surface area contributed by atoms with Crippen LogP contribution in [0.1, 0.15) is 11.1 Å². The quantitative estimate of drug-likeness (QED) is 0.867. The molecule has 3 rings (SSSR count). The van der Waals surface area contributed by atoms with Crippen LogP contribution in [-0.4, -0.2) is 11.9 Å². The van der Waals surface area contributed by atoms with Crippen molar-refractivity contribution in [3.8, 4) is 0 Å². The van der Waals surface area contributed by atoms with Crippen LogP contribution in [-0.2, 0) is 11.2 Å². The summed E-state index contributed by atoms with van der Waals surface area (Å²) < 4.78 is 0. The standard InChI is InChI=1S/C16H14Cl2N2O/c1-9-6-7-11(17)15(14(9)18)20-16(21)13-8-10-4-2-3-5-12(10)19-13/h2-7,13,19H,8H2,1H3,(H,20,21). The molecule has 0 radical (unpaired) electrons. The Morgan fingerprint density at radius 2 is 2.00 bits per heavy atom. The molecule has 1 aliphatic heterocycles. The van der Waals surface area contributed by atoms with Gasteiger partial charge in [-0.3, -0.25) is 4.79 Å². The molecule has 0 saturated carbocycles. The molecule has 2 N–H and O–H groups in total. The van der Waals surface area contributed by atoms with E-state index in [9.17, 15) is 4.79 Å². The van der Waals surface area contributed by atoms with Crippen LogP contribution in [0.3, 0.4) is 0 Å². The molecule has 21 heavy (non-hydrogen) atoms. The van der Waals surface area contributed by atoms with Crippen molar-refractivity contribution in [3.05, 3.63) is 57.6 Å². The number of rotatable bonds is 2. The van der Waals surface area contributed by atoms with E-state index in [1.807, 2.05) is 37.3 Å². The molecule has 2 aromatic rings. The van der Waals surface area contributed by atoms with E-state index in [-0.39, 0.29) is 11.9 Å². The zero-order chi connectivity index (χ0) is 15.0. The van der Waals surface area contributed by atoms with Crippen LogP contribution in [0.5, 0.6) is 0 Å². The maximum atomic E-state index is 12.4. The Balaban J connectivity index is 1.79. The molecule has 0 aliphatic carbocycles. The minimum absolute atomic E-state index is 0.138. The fourth-order valence-corrected chi connectivity index (χ4v) is 2.90. The van der Waals surface area contributed by atoms with E-state index in [4.69, 9.17) is 23.2 Å². The van der Waals surface area contributed by atoms with Crippen LogP contribution in [0.2, 0.25) is 10.0 Å². The lowest BCUT2D eigenvalue weighted by Crippen LogP contribution is -2.33. The van der Waals surface area contributed by atoms with Crippen LogP contribution in [0.4, 0.5) is 11.4 Å². The lowest BCUT2D eigenvalue weighted by atomic mass is 10.1. The van der Waals surface area contributed by atoms with Crippen LogP contribution >= 0.6 is 23.2 Å². The third kappa shape index (κ3) is 2.71. The van der Waals surface area contributed by atoms with Gasteiger partial charge in [-0.25, -0.2) is 0 Å². The molecular formula is C16H14Cl2N2O. The number of carbonyl (C=O) groups is 1. The van der Waals surface area contributed by atoms with Gasteiger partial charge in [-0.2, -0.15) is 0 Å². The van der Waals surface area contributed by atoms with Crippen molar-refractivity contribution in [3.63, 3.8) is 0 Å². The Morgan fingerprint density at radius 1 is 1.24 bits per heavy atom. The van der Waals surface area contributed by atoms with Gasteiger partial charge in [-0.15, -0.1) is 0 Å². The van der Waals surface area contributed by atoms with E-state index in [1.54, 1.807) is 6.07 Å². The number of nitrogens with one attached hydrogen (secondary N) is 2. The Bertz CT molecular complexity index is 690. The summed E-state index contributed by atoms with van der Waals surface area (Å²) in [6.45, 7) is 1.87. The van der Waals surface area contributed by atoms with Crippen LogP contribution < -0.4 is 10.6 Å². The molecule has 1 heterocycles. The van der Waals surface area contributed by atoms with Gasteiger partial charge in [0.15, 0.2) is 0 Å². The van der Waals surface area contributed by atoms with Gasteiger partial charge in [-0.05, 0) is 30.2 Å². The van der Waals surface area contributed by atoms with Crippen molar-refractivity contribution in [2.75, 3.05) is 10.6 Å². The smallest absolute Gasteiger partial charge is 0.247 e. The summed E-state index contributed by atoms with van der Waals surface area (Å²) in [6, 6.07) is 11.1. The maximum absolute atomic E-state index is 12.4. The minimum Gasteiger partial charge on any atom is -0.373 e. The number of amides is 1. The molecular weight excluding hydrogens is 307 g/mol. The topological polar surface area (TPSA) is 41.1 Å². The number of anilines is 2. The van der Waals surface area contributed by atoms with Crippen molar-refractivity contribution >= 4 is 40.5 Å². The first-order chi connectivity index (χ1) is 10.1. The molecule has 5 heteroatoms. The fourth-order valence-electron chi connectivity index (χ4n) is 2.44. The zero-order valence-electron chi connectivity index (χ0n) is 11.4. The van der Waals surface area contributed by atoms with E-state index in [1.165, 1.54) is 0 Å². The number of carbonyl (C=O) groups excluding carboxylic acids is 1. The van der Waals surface area contributed by atoms with E-state index < -0.39 is 0 Å². The molecule has 1 amide bonds. The predicted molar refractivity (Wildman–Crippen MR) is 87.4 cm³/mol. The Kier molecular flexibility index (Phi) is 3.79. The largest absolute Gasteiger partial charge is 0.373 e. The lowest BCUT2D eigenvalue weighted by molar-refractivity contribution is -0.116. The second-order valence-electron chi connectivity index (χ2n) is 5.10. The fraction of sp³-hybridized carbons (Fsp3) is 0.188. The number of hydrogen-bond acceptors (Lipinski definition) is 2. The Morgan fingerprint density at radius 3 is 2.76 bits per heavy atom. The molecule has 108 valence electrons. The van der Waals surface area contributed by atoms with E-state index >= 15 is 0 Å². The van der Waals surface area contributed by atoms with Gasteiger partial charge in [0.05, 0.1) is 15.7 Å². The van der Waals surface area contributed by atoms with E-state index in [0.717, 1.165) is 16.8 Å². The number of hydrogen-bond donors (Lipinski definition) is 2. The number of aryl methyl sites for hydroxylation is 1. The third-order valence-electron chi connectivity index (χ3n) is 3.62. The summed E-state index contributed by atoms with van der Waals surface area (Å²) in [4.78, 5) is 12.4. The Labute approximate surface area is 133 Å². The second kappa shape index (κ2) is 5.58. The van der Waals surface area contributed by atoms with Gasteiger partial charge in [0.1, 0.15) is 6.04 Å². The minimum atomic E-state index is -0.310. The summed E-state index contributed by atoms with van der Waals surface area (Å²) in [7, 11) is 0. The normalized spacial score (nSPS) is 16.2. The molecule has 3 nitrogen and oxygen atoms in total. The molecule has 0 aromatic heterocycles. The van der Waals surface area contributed by atoms with Gasteiger partial charge in [-0.1, -0.05) is 47.5 Å². The summed E-state index contributed by atoms with van der Waals surface area (Å²) in [5.74, 6) is -0.138. The molecule has 1 atom stereocenters. The van der Waals surface area contributed by atoms with Crippen LogP contribution in [0.25, 0.3) is 0 Å². The highest BCUT2D eigenvalue weighted by Crippen LogP contribution is 2.33. The van der Waals surface area contributed by atoms with Crippen LogP contribution in [0.15, 0.2) is 36.4 Å². The summed E-state index contributed by atoms with van der Waals surface area (Å²) in [6.07, 6.45) is 0.656. The summed E-state index contributed by atoms with van der Waals surface area (Å²) in [5.41, 5.74) is 3.48. The molecule has 0 saturated heterocycles. The van der Waals surface area contributed by atoms with Crippen molar-refractivity contribution in [2.24, 2.45) is 0 Å². The first-order valence-corrected chi connectivity index (χ1v) is 7.42. The predicted octanol–water partition coefficient (Wildman–Crippen LogP) is 4.28. The van der Waals surface area contributed by atoms with Crippen molar-refractivity contribution in [2.45, 2.75) is 19.4 Å². The maximum Gasteiger partial charge on any atom is 0.247 e. The van der Waals surface area contributed by atoms with Crippen LogP contribution in [0, 0.1) is 6.92 Å². The number of para-hydroxylation sites is 1. The van der Waals surface area contributed by atoms with E-state index in [2.05, 4.69) is 10.6 Å². The average molecular weight is 321 g/mol. The van der Waals surface area contributed by atoms with Gasteiger partial charge >= 0.3 is 0 Å². The SMILES string of the molecule is Cc1ccc(Cl)c(NC(=O)C2Cc3ccccc3N2)c1Cl. The average Bonchev–Trinajstić information content (AvgIpc) is 2.91. The number of benzene rings is 2.